The zero-order chi connectivity index (χ0) is 18.6. The molecule has 0 saturated heterocycles. The summed E-state index contributed by atoms with van der Waals surface area (Å²) >= 11 is 0. The minimum atomic E-state index is -0.391. The Morgan fingerprint density at radius 1 is 1.16 bits per heavy atom. The first kappa shape index (κ1) is 18.9. The summed E-state index contributed by atoms with van der Waals surface area (Å²) in [6, 6.07) is 9.61. The Morgan fingerprint density at radius 3 is 2.36 bits per heavy atom. The molecular weight excluding hydrogens is 316 g/mol. The van der Waals surface area contributed by atoms with E-state index in [0.717, 1.165) is 5.56 Å². The van der Waals surface area contributed by atoms with Gasteiger partial charge < -0.3 is 9.72 Å². The maximum atomic E-state index is 13.1. The van der Waals surface area contributed by atoms with E-state index in [2.05, 4.69) is 4.98 Å². The SMILES string of the molecule is CCOC(=O)c1c(C)[nH]c(C(=O)[C@H](Cc2ccccc2)N(C)C)c1C. The summed E-state index contributed by atoms with van der Waals surface area (Å²) < 4.78 is 5.11. The number of hydrogen-bond acceptors (Lipinski definition) is 4. The first-order chi connectivity index (χ1) is 11.9. The lowest BCUT2D eigenvalue weighted by atomic mass is 9.97. The molecule has 25 heavy (non-hydrogen) atoms. The Hall–Kier alpha value is -2.40. The van der Waals surface area contributed by atoms with E-state index >= 15 is 0 Å². The monoisotopic (exact) mass is 342 g/mol. The maximum Gasteiger partial charge on any atom is 0.340 e. The van der Waals surface area contributed by atoms with Crippen LogP contribution in [0.2, 0.25) is 0 Å². The van der Waals surface area contributed by atoms with Gasteiger partial charge in [0, 0.05) is 5.69 Å². The number of aromatic nitrogens is 1. The summed E-state index contributed by atoms with van der Waals surface area (Å²) in [5.41, 5.74) is 3.36. The second-order valence-electron chi connectivity index (χ2n) is 6.38. The highest BCUT2D eigenvalue weighted by Crippen LogP contribution is 2.22. The molecule has 0 unspecified atom stereocenters. The predicted octanol–water partition coefficient (Wildman–Crippen LogP) is 3.16. The van der Waals surface area contributed by atoms with Gasteiger partial charge in [0.25, 0.3) is 0 Å². The Labute approximate surface area is 149 Å². The Morgan fingerprint density at radius 2 is 1.80 bits per heavy atom. The van der Waals surface area contributed by atoms with E-state index in [1.165, 1.54) is 0 Å². The number of esters is 1. The highest BCUT2D eigenvalue weighted by atomic mass is 16.5. The lowest BCUT2D eigenvalue weighted by molar-refractivity contribution is 0.0525. The molecule has 2 rings (SSSR count). The number of Topliss-reactive ketones (excluding diaryl/α,β-unsaturated/α-hetero) is 1. The molecule has 0 amide bonds. The second-order valence-corrected chi connectivity index (χ2v) is 6.38. The number of hydrogen-bond donors (Lipinski definition) is 1. The molecular formula is C20H26N2O3. The van der Waals surface area contributed by atoms with E-state index in [1.807, 2.05) is 49.3 Å². The molecule has 0 saturated carbocycles. The van der Waals surface area contributed by atoms with Crippen LogP contribution in [0.1, 0.15) is 44.6 Å². The lowest BCUT2D eigenvalue weighted by Gasteiger charge is -2.23. The Kier molecular flexibility index (Phi) is 6.15. The average molecular weight is 342 g/mol. The standard InChI is InChI=1S/C20H26N2O3/c1-6-25-20(24)17-13(2)18(21-14(17)3)19(23)16(22(4)5)12-15-10-8-7-9-11-15/h7-11,16,21H,6,12H2,1-5H3/t16-/m0/s1. The third kappa shape index (κ3) is 4.17. The molecule has 1 atom stereocenters. The van der Waals surface area contributed by atoms with Crippen LogP contribution in [-0.4, -0.2) is 48.4 Å². The average Bonchev–Trinajstić information content (AvgIpc) is 2.87. The van der Waals surface area contributed by atoms with E-state index in [9.17, 15) is 9.59 Å². The summed E-state index contributed by atoms with van der Waals surface area (Å²) in [5.74, 6) is -0.415. The maximum absolute atomic E-state index is 13.1. The third-order valence-corrected chi connectivity index (χ3v) is 4.36. The zero-order valence-corrected chi connectivity index (χ0v) is 15.6. The van der Waals surface area contributed by atoms with Gasteiger partial charge in [-0.3, -0.25) is 9.69 Å². The minimum Gasteiger partial charge on any atom is -0.462 e. The molecule has 0 radical (unpaired) electrons. The molecule has 2 aromatic rings. The molecule has 0 aliphatic rings. The number of H-pyrrole nitrogens is 1. The summed E-state index contributed by atoms with van der Waals surface area (Å²) in [6.45, 7) is 5.65. The van der Waals surface area contributed by atoms with Crippen LogP contribution in [0.25, 0.3) is 0 Å². The molecule has 1 aromatic heterocycles. The first-order valence-electron chi connectivity index (χ1n) is 8.47. The van der Waals surface area contributed by atoms with Crippen molar-refractivity contribution in [1.82, 2.24) is 9.88 Å². The largest absolute Gasteiger partial charge is 0.462 e. The van der Waals surface area contributed by atoms with Crippen molar-refractivity contribution < 1.29 is 14.3 Å². The van der Waals surface area contributed by atoms with Gasteiger partial charge in [0.2, 0.25) is 0 Å². The number of nitrogens with zero attached hydrogens (tertiary/aromatic N) is 1. The first-order valence-corrected chi connectivity index (χ1v) is 8.47. The number of likely N-dealkylation sites (N-methyl/N-ethyl adjacent to an activating group) is 1. The molecule has 1 heterocycles. The number of carbonyl (C=O) groups excluding carboxylic acids is 2. The summed E-state index contributed by atoms with van der Waals surface area (Å²) in [5, 5.41) is 0. The predicted molar refractivity (Wildman–Crippen MR) is 98.2 cm³/mol. The van der Waals surface area contributed by atoms with Gasteiger partial charge in [-0.1, -0.05) is 30.3 Å². The van der Waals surface area contributed by atoms with Crippen molar-refractivity contribution in [2.24, 2.45) is 0 Å². The molecule has 0 spiro atoms. The second kappa shape index (κ2) is 8.12. The highest BCUT2D eigenvalue weighted by molar-refractivity contribution is 6.04. The molecule has 5 heteroatoms. The Balaban J connectivity index is 2.34. The number of benzene rings is 1. The topological polar surface area (TPSA) is 62.4 Å². The van der Waals surface area contributed by atoms with Crippen molar-refractivity contribution in [3.63, 3.8) is 0 Å². The highest BCUT2D eigenvalue weighted by Gasteiger charge is 2.29. The van der Waals surface area contributed by atoms with Crippen LogP contribution < -0.4 is 0 Å². The number of rotatable bonds is 7. The van der Waals surface area contributed by atoms with Crippen LogP contribution in [0, 0.1) is 13.8 Å². The molecule has 0 bridgehead atoms. The molecule has 1 N–H and O–H groups in total. The van der Waals surface area contributed by atoms with Crippen LogP contribution in [-0.2, 0) is 11.2 Å². The summed E-state index contributed by atoms with van der Waals surface area (Å²) in [4.78, 5) is 30.3. The van der Waals surface area contributed by atoms with Crippen LogP contribution in [0.5, 0.6) is 0 Å². The molecule has 0 fully saturated rings. The minimum absolute atomic E-state index is 0.0231. The molecule has 5 nitrogen and oxygen atoms in total. The van der Waals surface area contributed by atoms with Gasteiger partial charge in [0.05, 0.1) is 23.9 Å². The number of aromatic amines is 1. The van der Waals surface area contributed by atoms with Crippen LogP contribution in [0.4, 0.5) is 0 Å². The molecule has 0 aliphatic heterocycles. The van der Waals surface area contributed by atoms with Crippen molar-refractivity contribution >= 4 is 11.8 Å². The molecule has 134 valence electrons. The fourth-order valence-electron chi connectivity index (χ4n) is 3.02. The Bertz CT molecular complexity index is 748. The van der Waals surface area contributed by atoms with Gasteiger partial charge in [-0.25, -0.2) is 4.79 Å². The van der Waals surface area contributed by atoms with Gasteiger partial charge in [-0.05, 0) is 52.4 Å². The van der Waals surface area contributed by atoms with E-state index in [0.29, 0.717) is 35.5 Å². The van der Waals surface area contributed by atoms with Crippen molar-refractivity contribution in [3.05, 3.63) is 58.4 Å². The number of ether oxygens (including phenoxy) is 1. The molecule has 1 aromatic carbocycles. The summed E-state index contributed by atoms with van der Waals surface area (Å²) in [7, 11) is 3.78. The van der Waals surface area contributed by atoms with E-state index < -0.39 is 5.97 Å². The van der Waals surface area contributed by atoms with Crippen molar-refractivity contribution in [1.29, 1.82) is 0 Å². The van der Waals surface area contributed by atoms with Gasteiger partial charge in [-0.15, -0.1) is 0 Å². The normalized spacial score (nSPS) is 12.2. The quantitative estimate of drug-likeness (QED) is 0.620. The third-order valence-electron chi connectivity index (χ3n) is 4.36. The van der Waals surface area contributed by atoms with E-state index in [4.69, 9.17) is 4.74 Å². The fourth-order valence-corrected chi connectivity index (χ4v) is 3.02. The number of aryl methyl sites for hydroxylation is 1. The fraction of sp³-hybridized carbons (Fsp3) is 0.400. The number of ketones is 1. The van der Waals surface area contributed by atoms with E-state index in [-0.39, 0.29) is 11.8 Å². The van der Waals surface area contributed by atoms with Gasteiger partial charge in [-0.2, -0.15) is 0 Å². The van der Waals surface area contributed by atoms with Crippen LogP contribution in [0.15, 0.2) is 30.3 Å². The number of nitrogens with one attached hydrogen (secondary N) is 1. The van der Waals surface area contributed by atoms with Crippen molar-refractivity contribution in [3.8, 4) is 0 Å². The van der Waals surface area contributed by atoms with Gasteiger partial charge in [0.15, 0.2) is 5.78 Å². The number of carbonyl (C=O) groups is 2. The smallest absolute Gasteiger partial charge is 0.340 e. The lowest BCUT2D eigenvalue weighted by Crippen LogP contribution is -2.38. The van der Waals surface area contributed by atoms with E-state index in [1.54, 1.807) is 20.8 Å². The summed E-state index contributed by atoms with van der Waals surface area (Å²) in [6.07, 6.45) is 0.610. The molecule has 0 aliphatic carbocycles. The van der Waals surface area contributed by atoms with Crippen LogP contribution >= 0.6 is 0 Å². The van der Waals surface area contributed by atoms with Crippen molar-refractivity contribution in [2.45, 2.75) is 33.2 Å². The zero-order valence-electron chi connectivity index (χ0n) is 15.6. The van der Waals surface area contributed by atoms with Crippen molar-refractivity contribution in [2.75, 3.05) is 20.7 Å². The van der Waals surface area contributed by atoms with Gasteiger partial charge >= 0.3 is 5.97 Å². The van der Waals surface area contributed by atoms with Crippen LogP contribution in [0.3, 0.4) is 0 Å². The van der Waals surface area contributed by atoms with Gasteiger partial charge in [0.1, 0.15) is 0 Å².